The second kappa shape index (κ2) is 11.4. The molecule has 0 aliphatic heterocycles. The first-order valence-electron chi connectivity index (χ1n) is 16.3. The minimum Gasteiger partial charge on any atom is -0.309 e. The summed E-state index contributed by atoms with van der Waals surface area (Å²) < 4.78 is 4.57. The lowest BCUT2D eigenvalue weighted by Crippen LogP contribution is -1.99. The van der Waals surface area contributed by atoms with Crippen LogP contribution >= 0.6 is 0 Å². The molecule has 0 fully saturated rings. The molecular formula is C45H25N5. The van der Waals surface area contributed by atoms with Crippen LogP contribution in [0.15, 0.2) is 152 Å². The molecular weight excluding hydrogens is 611 g/mol. The predicted molar refractivity (Wildman–Crippen MR) is 200 cm³/mol. The number of para-hydroxylation sites is 4. The summed E-state index contributed by atoms with van der Waals surface area (Å²) in [7, 11) is 0. The van der Waals surface area contributed by atoms with Crippen LogP contribution in [-0.2, 0) is 0 Å². The first kappa shape index (κ1) is 28.8. The zero-order valence-corrected chi connectivity index (χ0v) is 26.7. The molecule has 0 saturated carbocycles. The summed E-state index contributed by atoms with van der Waals surface area (Å²) in [4.78, 5) is 0. The van der Waals surface area contributed by atoms with Gasteiger partial charge in [0.05, 0.1) is 68.3 Å². The SMILES string of the molecule is N#Cc1ccc(-c2cc(C#N)ccc2-n2c3ccccc3c3cc(-c4ccccc4-n4c5ccccc5c5ccccc54)ccc32)c(C#N)c1. The van der Waals surface area contributed by atoms with Gasteiger partial charge in [0, 0.05) is 38.2 Å². The number of nitrogens with zero attached hydrogens (tertiary/aromatic N) is 5. The molecule has 0 bridgehead atoms. The van der Waals surface area contributed by atoms with Crippen molar-refractivity contribution in [1.29, 1.82) is 15.8 Å². The molecule has 0 spiro atoms. The van der Waals surface area contributed by atoms with Crippen LogP contribution in [-0.4, -0.2) is 9.13 Å². The van der Waals surface area contributed by atoms with Crippen molar-refractivity contribution in [3.05, 3.63) is 168 Å². The van der Waals surface area contributed by atoms with E-state index in [1.54, 1.807) is 18.2 Å². The minimum absolute atomic E-state index is 0.380. The molecule has 0 atom stereocenters. The molecule has 2 heterocycles. The molecule has 0 radical (unpaired) electrons. The van der Waals surface area contributed by atoms with Crippen molar-refractivity contribution in [3.8, 4) is 51.8 Å². The smallest absolute Gasteiger partial charge is 0.0998 e. The maximum Gasteiger partial charge on any atom is 0.0998 e. The van der Waals surface area contributed by atoms with E-state index in [-0.39, 0.29) is 0 Å². The van der Waals surface area contributed by atoms with Crippen molar-refractivity contribution < 1.29 is 0 Å². The zero-order chi connectivity index (χ0) is 33.8. The zero-order valence-electron chi connectivity index (χ0n) is 26.7. The molecule has 0 N–H and O–H groups in total. The molecule has 0 amide bonds. The van der Waals surface area contributed by atoms with Crippen molar-refractivity contribution in [2.45, 2.75) is 0 Å². The number of hydrogen-bond donors (Lipinski definition) is 0. The van der Waals surface area contributed by atoms with Crippen LogP contribution in [0.1, 0.15) is 16.7 Å². The summed E-state index contributed by atoms with van der Waals surface area (Å²) in [5.41, 5.74) is 11.2. The van der Waals surface area contributed by atoms with Crippen molar-refractivity contribution in [3.63, 3.8) is 0 Å². The van der Waals surface area contributed by atoms with Crippen LogP contribution in [0.3, 0.4) is 0 Å². The van der Waals surface area contributed by atoms with E-state index in [9.17, 15) is 15.8 Å². The van der Waals surface area contributed by atoms with Gasteiger partial charge < -0.3 is 9.13 Å². The van der Waals surface area contributed by atoms with Gasteiger partial charge in [-0.2, -0.15) is 15.8 Å². The molecule has 9 aromatic rings. The van der Waals surface area contributed by atoms with E-state index in [2.05, 4.69) is 137 Å². The fourth-order valence-electron chi connectivity index (χ4n) is 7.45. The number of nitriles is 3. The third-order valence-electron chi connectivity index (χ3n) is 9.63. The molecule has 9 rings (SSSR count). The average Bonchev–Trinajstić information content (AvgIpc) is 3.70. The van der Waals surface area contributed by atoms with E-state index < -0.39 is 0 Å². The van der Waals surface area contributed by atoms with Crippen molar-refractivity contribution in [1.82, 2.24) is 9.13 Å². The van der Waals surface area contributed by atoms with Gasteiger partial charge in [-0.1, -0.05) is 84.9 Å². The maximum atomic E-state index is 10.1. The third kappa shape index (κ3) is 4.31. The Labute approximate surface area is 287 Å². The first-order valence-corrected chi connectivity index (χ1v) is 16.3. The Kier molecular flexibility index (Phi) is 6.56. The normalized spacial score (nSPS) is 11.1. The van der Waals surface area contributed by atoms with Gasteiger partial charge in [0.1, 0.15) is 0 Å². The standard InChI is InChI=1S/C45H25N5/c46-26-29-17-20-33(32(23-29)28-48)38-24-30(27-47)18-21-44(38)50-43-16-8-4-12-37(43)39-25-31(19-22-45(39)50)34-9-1-5-13-40(34)49-41-14-6-2-10-35(41)36-11-3-7-15-42(36)49/h1-25H. The van der Waals surface area contributed by atoms with Crippen LogP contribution in [0.4, 0.5) is 0 Å². The summed E-state index contributed by atoms with van der Waals surface area (Å²) in [5, 5.41) is 34.1. The van der Waals surface area contributed by atoms with Gasteiger partial charge in [0.25, 0.3) is 0 Å². The molecule has 7 aromatic carbocycles. The lowest BCUT2D eigenvalue weighted by molar-refractivity contribution is 1.18. The Morgan fingerprint density at radius 3 is 1.52 bits per heavy atom. The lowest BCUT2D eigenvalue weighted by Gasteiger charge is -2.16. The molecule has 0 saturated heterocycles. The quantitative estimate of drug-likeness (QED) is 0.193. The van der Waals surface area contributed by atoms with Gasteiger partial charge in [-0.3, -0.25) is 0 Å². The van der Waals surface area contributed by atoms with Crippen molar-refractivity contribution in [2.75, 3.05) is 0 Å². The van der Waals surface area contributed by atoms with Gasteiger partial charge in [-0.25, -0.2) is 0 Å². The molecule has 2 aromatic heterocycles. The second-order valence-electron chi connectivity index (χ2n) is 12.3. The van der Waals surface area contributed by atoms with E-state index in [1.807, 2.05) is 24.3 Å². The number of benzene rings is 7. The highest BCUT2D eigenvalue weighted by Gasteiger charge is 2.20. The second-order valence-corrected chi connectivity index (χ2v) is 12.3. The highest BCUT2D eigenvalue weighted by atomic mass is 15.0. The van der Waals surface area contributed by atoms with Gasteiger partial charge in [0.15, 0.2) is 0 Å². The van der Waals surface area contributed by atoms with E-state index in [4.69, 9.17) is 0 Å². The number of hydrogen-bond acceptors (Lipinski definition) is 3. The van der Waals surface area contributed by atoms with Gasteiger partial charge in [0.2, 0.25) is 0 Å². The van der Waals surface area contributed by atoms with Crippen LogP contribution in [0, 0.1) is 34.0 Å². The number of fused-ring (bicyclic) bond motifs is 6. The maximum absolute atomic E-state index is 10.1. The number of aromatic nitrogens is 2. The Balaban J connectivity index is 1.30. The fourth-order valence-corrected chi connectivity index (χ4v) is 7.45. The monoisotopic (exact) mass is 635 g/mol. The molecule has 0 unspecified atom stereocenters. The van der Waals surface area contributed by atoms with Gasteiger partial charge >= 0.3 is 0 Å². The topological polar surface area (TPSA) is 81.2 Å². The number of rotatable bonds is 4. The summed E-state index contributed by atoms with van der Waals surface area (Å²) >= 11 is 0. The van der Waals surface area contributed by atoms with Crippen LogP contribution in [0.5, 0.6) is 0 Å². The van der Waals surface area contributed by atoms with Crippen molar-refractivity contribution in [2.24, 2.45) is 0 Å². The van der Waals surface area contributed by atoms with E-state index in [1.165, 1.54) is 10.8 Å². The molecule has 5 heteroatoms. The first-order chi connectivity index (χ1) is 24.7. The largest absolute Gasteiger partial charge is 0.309 e. The fraction of sp³-hybridized carbons (Fsp3) is 0. The Hall–Kier alpha value is -7.39. The molecule has 50 heavy (non-hydrogen) atoms. The highest BCUT2D eigenvalue weighted by molar-refractivity contribution is 6.12. The van der Waals surface area contributed by atoms with E-state index >= 15 is 0 Å². The molecule has 0 aliphatic carbocycles. The molecule has 230 valence electrons. The Morgan fingerprint density at radius 1 is 0.360 bits per heavy atom. The van der Waals surface area contributed by atoms with Crippen LogP contribution < -0.4 is 0 Å². The van der Waals surface area contributed by atoms with E-state index in [0.29, 0.717) is 22.3 Å². The summed E-state index contributed by atoms with van der Waals surface area (Å²) in [6.45, 7) is 0. The summed E-state index contributed by atoms with van der Waals surface area (Å²) in [6.07, 6.45) is 0. The Bertz CT molecular complexity index is 2920. The summed E-state index contributed by atoms with van der Waals surface area (Å²) in [5.74, 6) is 0. The highest BCUT2D eigenvalue weighted by Crippen LogP contribution is 2.41. The van der Waals surface area contributed by atoms with Crippen LogP contribution in [0.25, 0.3) is 77.2 Å². The third-order valence-corrected chi connectivity index (χ3v) is 9.63. The molecule has 5 nitrogen and oxygen atoms in total. The minimum atomic E-state index is 0.380. The van der Waals surface area contributed by atoms with Gasteiger partial charge in [-0.05, 0) is 72.3 Å². The Morgan fingerprint density at radius 2 is 0.880 bits per heavy atom. The van der Waals surface area contributed by atoms with Crippen molar-refractivity contribution >= 4 is 43.6 Å². The molecule has 0 aliphatic rings. The van der Waals surface area contributed by atoms with Gasteiger partial charge in [-0.15, -0.1) is 0 Å². The lowest BCUT2D eigenvalue weighted by atomic mass is 9.95. The van der Waals surface area contributed by atoms with E-state index in [0.717, 1.165) is 60.9 Å². The average molecular weight is 636 g/mol. The van der Waals surface area contributed by atoms with Crippen LogP contribution in [0.2, 0.25) is 0 Å². The summed E-state index contributed by atoms with van der Waals surface area (Å²) in [6, 6.07) is 58.0. The predicted octanol–water partition coefficient (Wildman–Crippen LogP) is 10.8.